The van der Waals surface area contributed by atoms with Gasteiger partial charge in [0.25, 0.3) is 5.91 Å². The first-order valence-corrected chi connectivity index (χ1v) is 6.70. The lowest BCUT2D eigenvalue weighted by Crippen LogP contribution is -2.26. The molecule has 1 saturated carbocycles. The summed E-state index contributed by atoms with van der Waals surface area (Å²) < 4.78 is 0. The van der Waals surface area contributed by atoms with Crippen LogP contribution < -0.4 is 5.32 Å². The predicted molar refractivity (Wildman–Crippen MR) is 74.9 cm³/mol. The Bertz CT molecular complexity index is 424. The number of hydrogen-bond acceptors (Lipinski definition) is 2. The SMILES string of the molecule is CCC(Nc1ccccc1C(=O)N(C)C)C1CC1. The fraction of sp³-hybridized carbons (Fsp3) is 0.533. The van der Waals surface area contributed by atoms with E-state index in [1.54, 1.807) is 19.0 Å². The Kier molecular flexibility index (Phi) is 3.90. The molecule has 0 radical (unpaired) electrons. The van der Waals surface area contributed by atoms with Crippen molar-refractivity contribution in [1.82, 2.24) is 4.90 Å². The molecule has 0 bridgehead atoms. The fourth-order valence-corrected chi connectivity index (χ4v) is 2.29. The summed E-state index contributed by atoms with van der Waals surface area (Å²) in [6.07, 6.45) is 3.74. The third-order valence-electron chi connectivity index (χ3n) is 3.54. The Labute approximate surface area is 109 Å². The summed E-state index contributed by atoms with van der Waals surface area (Å²) >= 11 is 0. The number of para-hydroxylation sites is 1. The van der Waals surface area contributed by atoms with Crippen LogP contribution in [0.4, 0.5) is 5.69 Å². The first-order valence-electron chi connectivity index (χ1n) is 6.70. The minimum Gasteiger partial charge on any atom is -0.381 e. The Balaban J connectivity index is 2.18. The molecule has 1 atom stereocenters. The molecule has 1 aromatic rings. The summed E-state index contributed by atoms with van der Waals surface area (Å²) in [6.45, 7) is 2.20. The maximum atomic E-state index is 12.1. The van der Waals surface area contributed by atoms with Crippen molar-refractivity contribution in [3.8, 4) is 0 Å². The van der Waals surface area contributed by atoms with Crippen molar-refractivity contribution in [2.45, 2.75) is 32.2 Å². The lowest BCUT2D eigenvalue weighted by atomic mass is 10.1. The molecule has 1 aliphatic rings. The summed E-state index contributed by atoms with van der Waals surface area (Å²) in [7, 11) is 3.58. The van der Waals surface area contributed by atoms with Gasteiger partial charge in [-0.15, -0.1) is 0 Å². The lowest BCUT2D eigenvalue weighted by Gasteiger charge is -2.21. The summed E-state index contributed by atoms with van der Waals surface area (Å²) in [6, 6.07) is 8.29. The zero-order valence-electron chi connectivity index (χ0n) is 11.4. The van der Waals surface area contributed by atoms with Gasteiger partial charge in [-0.25, -0.2) is 0 Å². The number of anilines is 1. The average molecular weight is 246 g/mol. The number of rotatable bonds is 5. The van der Waals surface area contributed by atoms with Gasteiger partial charge in [0, 0.05) is 25.8 Å². The number of nitrogens with zero attached hydrogens (tertiary/aromatic N) is 1. The molecule has 1 aromatic carbocycles. The molecule has 2 rings (SSSR count). The van der Waals surface area contributed by atoms with Crippen LogP contribution in [0.1, 0.15) is 36.5 Å². The van der Waals surface area contributed by atoms with Crippen LogP contribution >= 0.6 is 0 Å². The van der Waals surface area contributed by atoms with E-state index in [1.165, 1.54) is 12.8 Å². The van der Waals surface area contributed by atoms with E-state index < -0.39 is 0 Å². The predicted octanol–water partition coefficient (Wildman–Crippen LogP) is 2.99. The highest BCUT2D eigenvalue weighted by Gasteiger charge is 2.30. The maximum Gasteiger partial charge on any atom is 0.255 e. The second-order valence-corrected chi connectivity index (χ2v) is 5.24. The van der Waals surface area contributed by atoms with Crippen LogP contribution in [-0.4, -0.2) is 30.9 Å². The second-order valence-electron chi connectivity index (χ2n) is 5.24. The van der Waals surface area contributed by atoms with Crippen molar-refractivity contribution >= 4 is 11.6 Å². The van der Waals surface area contributed by atoms with E-state index in [0.717, 1.165) is 23.6 Å². The van der Waals surface area contributed by atoms with Gasteiger partial charge in [0.2, 0.25) is 0 Å². The number of nitrogens with one attached hydrogen (secondary N) is 1. The minimum atomic E-state index is 0.0590. The molecule has 1 fully saturated rings. The van der Waals surface area contributed by atoms with E-state index in [2.05, 4.69) is 12.2 Å². The summed E-state index contributed by atoms with van der Waals surface area (Å²) in [5.74, 6) is 0.848. The molecule has 1 N–H and O–H groups in total. The van der Waals surface area contributed by atoms with Crippen LogP contribution in [0.15, 0.2) is 24.3 Å². The molecule has 3 heteroatoms. The Morgan fingerprint density at radius 2 is 2.06 bits per heavy atom. The fourth-order valence-electron chi connectivity index (χ4n) is 2.29. The average Bonchev–Trinajstić information content (AvgIpc) is 3.19. The van der Waals surface area contributed by atoms with Crippen LogP contribution in [0.5, 0.6) is 0 Å². The molecule has 0 saturated heterocycles. The normalized spacial score (nSPS) is 16.2. The van der Waals surface area contributed by atoms with Gasteiger partial charge in [-0.3, -0.25) is 4.79 Å². The van der Waals surface area contributed by atoms with Gasteiger partial charge in [-0.2, -0.15) is 0 Å². The van der Waals surface area contributed by atoms with Gasteiger partial charge in [0.05, 0.1) is 5.56 Å². The largest absolute Gasteiger partial charge is 0.381 e. The minimum absolute atomic E-state index is 0.0590. The topological polar surface area (TPSA) is 32.3 Å². The van der Waals surface area contributed by atoms with Crippen molar-refractivity contribution in [2.24, 2.45) is 5.92 Å². The van der Waals surface area contributed by atoms with Crippen molar-refractivity contribution in [1.29, 1.82) is 0 Å². The third-order valence-corrected chi connectivity index (χ3v) is 3.54. The van der Waals surface area contributed by atoms with Crippen molar-refractivity contribution in [3.05, 3.63) is 29.8 Å². The van der Waals surface area contributed by atoms with Crippen LogP contribution in [0, 0.1) is 5.92 Å². The van der Waals surface area contributed by atoms with Crippen LogP contribution in [-0.2, 0) is 0 Å². The van der Waals surface area contributed by atoms with Gasteiger partial charge in [0.15, 0.2) is 0 Å². The van der Waals surface area contributed by atoms with Crippen LogP contribution in [0.25, 0.3) is 0 Å². The number of benzene rings is 1. The zero-order chi connectivity index (χ0) is 13.1. The molecule has 0 heterocycles. The number of carbonyl (C=O) groups excluding carboxylic acids is 1. The van der Waals surface area contributed by atoms with Gasteiger partial charge in [-0.05, 0) is 37.3 Å². The van der Waals surface area contributed by atoms with Gasteiger partial charge < -0.3 is 10.2 Å². The van der Waals surface area contributed by atoms with Crippen molar-refractivity contribution < 1.29 is 4.79 Å². The molecule has 0 aromatic heterocycles. The summed E-state index contributed by atoms with van der Waals surface area (Å²) in [5, 5.41) is 3.55. The second kappa shape index (κ2) is 5.42. The van der Waals surface area contributed by atoms with Crippen LogP contribution in [0.2, 0.25) is 0 Å². The monoisotopic (exact) mass is 246 g/mol. The van der Waals surface area contributed by atoms with E-state index in [4.69, 9.17) is 0 Å². The molecule has 3 nitrogen and oxygen atoms in total. The first-order chi connectivity index (χ1) is 8.63. The highest BCUT2D eigenvalue weighted by Crippen LogP contribution is 2.36. The highest BCUT2D eigenvalue weighted by atomic mass is 16.2. The van der Waals surface area contributed by atoms with E-state index >= 15 is 0 Å². The first kappa shape index (κ1) is 12.9. The maximum absolute atomic E-state index is 12.1. The third kappa shape index (κ3) is 2.84. The molecular formula is C15H22N2O. The Hall–Kier alpha value is -1.51. The lowest BCUT2D eigenvalue weighted by molar-refractivity contribution is 0.0828. The number of amides is 1. The van der Waals surface area contributed by atoms with E-state index in [1.807, 2.05) is 24.3 Å². The molecular weight excluding hydrogens is 224 g/mol. The van der Waals surface area contributed by atoms with E-state index in [0.29, 0.717) is 6.04 Å². The quantitative estimate of drug-likeness (QED) is 0.866. The molecule has 0 spiro atoms. The molecule has 1 unspecified atom stereocenters. The van der Waals surface area contributed by atoms with Gasteiger partial charge in [0.1, 0.15) is 0 Å². The van der Waals surface area contributed by atoms with Crippen molar-refractivity contribution in [2.75, 3.05) is 19.4 Å². The molecule has 0 aliphatic heterocycles. The summed E-state index contributed by atoms with van der Waals surface area (Å²) in [4.78, 5) is 13.7. The Morgan fingerprint density at radius 3 is 2.61 bits per heavy atom. The van der Waals surface area contributed by atoms with Crippen molar-refractivity contribution in [3.63, 3.8) is 0 Å². The molecule has 1 aliphatic carbocycles. The summed E-state index contributed by atoms with van der Waals surface area (Å²) in [5.41, 5.74) is 1.73. The standard InChI is InChI=1S/C15H22N2O/c1-4-13(11-9-10-11)16-14-8-6-5-7-12(14)15(18)17(2)3/h5-8,11,13,16H,4,9-10H2,1-3H3. The molecule has 98 valence electrons. The zero-order valence-corrected chi connectivity index (χ0v) is 11.4. The molecule has 1 amide bonds. The smallest absolute Gasteiger partial charge is 0.255 e. The van der Waals surface area contributed by atoms with Gasteiger partial charge in [-0.1, -0.05) is 19.1 Å². The molecule has 18 heavy (non-hydrogen) atoms. The highest BCUT2D eigenvalue weighted by molar-refractivity contribution is 5.99. The van der Waals surface area contributed by atoms with E-state index in [-0.39, 0.29) is 5.91 Å². The van der Waals surface area contributed by atoms with Gasteiger partial charge >= 0.3 is 0 Å². The van der Waals surface area contributed by atoms with Crippen LogP contribution in [0.3, 0.4) is 0 Å². The number of hydrogen-bond donors (Lipinski definition) is 1. The Morgan fingerprint density at radius 1 is 1.39 bits per heavy atom. The van der Waals surface area contributed by atoms with E-state index in [9.17, 15) is 4.79 Å². The number of carbonyl (C=O) groups is 1.